The number of aromatic carboxylic acids is 2. The molecule has 0 bridgehead atoms. The molecule has 0 radical (unpaired) electrons. The first-order valence-electron chi connectivity index (χ1n) is 5.80. The largest absolute Gasteiger partial charge is 0.477 e. The highest BCUT2D eigenvalue weighted by Crippen LogP contribution is 2.43. The summed E-state index contributed by atoms with van der Waals surface area (Å²) in [5, 5.41) is 18.7. The van der Waals surface area contributed by atoms with Crippen LogP contribution < -0.4 is 0 Å². The van der Waals surface area contributed by atoms with Crippen LogP contribution in [0.2, 0.25) is 0 Å². The predicted octanol–water partition coefficient (Wildman–Crippen LogP) is 3.66. The van der Waals surface area contributed by atoms with Crippen molar-refractivity contribution in [2.45, 2.75) is 0 Å². The minimum atomic E-state index is -1.22. The molecule has 21 heavy (non-hydrogen) atoms. The summed E-state index contributed by atoms with van der Waals surface area (Å²) in [5.74, 6) is -1.87. The maximum atomic E-state index is 11.4. The van der Waals surface area contributed by atoms with Crippen LogP contribution in [0.1, 0.15) is 19.3 Å². The van der Waals surface area contributed by atoms with E-state index in [-0.39, 0.29) is 32.4 Å². The van der Waals surface area contributed by atoms with Gasteiger partial charge in [-0.1, -0.05) is 0 Å². The molecule has 3 heterocycles. The monoisotopic (exact) mass is 304 g/mol. The van der Waals surface area contributed by atoms with Gasteiger partial charge in [0.2, 0.25) is 0 Å². The molecular formula is C14H8O6S. The fourth-order valence-corrected chi connectivity index (χ4v) is 3.03. The summed E-state index contributed by atoms with van der Waals surface area (Å²) in [7, 11) is 0. The molecule has 3 rings (SSSR count). The van der Waals surface area contributed by atoms with Gasteiger partial charge in [-0.15, -0.1) is 11.3 Å². The molecule has 3 aromatic heterocycles. The fourth-order valence-electron chi connectivity index (χ4n) is 2.04. The van der Waals surface area contributed by atoms with Gasteiger partial charge in [0.1, 0.15) is 21.3 Å². The number of carbonyl (C=O) groups is 2. The Labute approximate surface area is 121 Å². The molecule has 0 saturated heterocycles. The number of hydrogen-bond acceptors (Lipinski definition) is 5. The van der Waals surface area contributed by atoms with Crippen molar-refractivity contribution in [3.05, 3.63) is 46.5 Å². The van der Waals surface area contributed by atoms with Crippen LogP contribution in [0.25, 0.3) is 22.6 Å². The van der Waals surface area contributed by atoms with Crippen molar-refractivity contribution in [1.82, 2.24) is 0 Å². The number of carboxylic acids is 2. The lowest BCUT2D eigenvalue weighted by atomic mass is 10.0. The first-order valence-corrected chi connectivity index (χ1v) is 6.62. The lowest BCUT2D eigenvalue weighted by molar-refractivity contribution is 0.0694. The van der Waals surface area contributed by atoms with Gasteiger partial charge in [-0.3, -0.25) is 0 Å². The Kier molecular flexibility index (Phi) is 3.11. The summed E-state index contributed by atoms with van der Waals surface area (Å²) in [6, 6.07) is 6.36. The molecule has 0 unspecified atom stereocenters. The van der Waals surface area contributed by atoms with Crippen molar-refractivity contribution in [1.29, 1.82) is 0 Å². The van der Waals surface area contributed by atoms with E-state index in [0.29, 0.717) is 11.3 Å². The van der Waals surface area contributed by atoms with Crippen LogP contribution in [-0.2, 0) is 0 Å². The Balaban J connectivity index is 2.39. The molecule has 0 aliphatic heterocycles. The molecule has 0 amide bonds. The number of hydrogen-bond donors (Lipinski definition) is 2. The van der Waals surface area contributed by atoms with E-state index in [2.05, 4.69) is 0 Å². The third kappa shape index (κ3) is 2.13. The molecule has 0 spiro atoms. The van der Waals surface area contributed by atoms with Crippen molar-refractivity contribution in [2.75, 3.05) is 0 Å². The number of thiophene rings is 1. The van der Waals surface area contributed by atoms with Gasteiger partial charge in [-0.25, -0.2) is 9.59 Å². The van der Waals surface area contributed by atoms with Gasteiger partial charge >= 0.3 is 11.9 Å². The van der Waals surface area contributed by atoms with Gasteiger partial charge in [0, 0.05) is 0 Å². The second kappa shape index (κ2) is 4.95. The lowest BCUT2D eigenvalue weighted by Crippen LogP contribution is -1.95. The van der Waals surface area contributed by atoms with Gasteiger partial charge < -0.3 is 19.0 Å². The standard InChI is InChI=1S/C14H8O6S/c15-13(16)11-9(7-3-1-5-19-7)10(8-4-2-6-20-8)12(21-11)14(17)18/h1-6H,(H,15,16)(H,17,18). The van der Waals surface area contributed by atoms with E-state index in [1.165, 1.54) is 12.5 Å². The van der Waals surface area contributed by atoms with E-state index in [0.717, 1.165) is 0 Å². The summed E-state index contributed by atoms with van der Waals surface area (Å²) < 4.78 is 10.5. The third-order valence-corrected chi connectivity index (χ3v) is 4.00. The van der Waals surface area contributed by atoms with Gasteiger partial charge in [0.05, 0.1) is 23.7 Å². The summed E-state index contributed by atoms with van der Waals surface area (Å²) in [6.45, 7) is 0. The quantitative estimate of drug-likeness (QED) is 0.762. The van der Waals surface area contributed by atoms with Crippen molar-refractivity contribution in [3.63, 3.8) is 0 Å². The number of rotatable bonds is 4. The van der Waals surface area contributed by atoms with Crippen LogP contribution in [0.5, 0.6) is 0 Å². The SMILES string of the molecule is O=C(O)c1sc(C(=O)O)c(-c2ccco2)c1-c1ccco1. The van der Waals surface area contributed by atoms with E-state index in [9.17, 15) is 19.8 Å². The van der Waals surface area contributed by atoms with E-state index in [4.69, 9.17) is 8.83 Å². The fraction of sp³-hybridized carbons (Fsp3) is 0. The second-order valence-corrected chi connectivity index (χ2v) is 5.10. The van der Waals surface area contributed by atoms with E-state index >= 15 is 0 Å². The van der Waals surface area contributed by atoms with Crippen molar-refractivity contribution in [3.8, 4) is 22.6 Å². The molecule has 0 aromatic carbocycles. The first-order chi connectivity index (χ1) is 10.1. The minimum Gasteiger partial charge on any atom is -0.477 e. The molecule has 7 heteroatoms. The zero-order valence-corrected chi connectivity index (χ0v) is 11.2. The van der Waals surface area contributed by atoms with Crippen LogP contribution in [0.15, 0.2) is 45.6 Å². The molecule has 2 N–H and O–H groups in total. The Morgan fingerprint density at radius 3 is 1.57 bits per heavy atom. The van der Waals surface area contributed by atoms with E-state index in [1.54, 1.807) is 24.3 Å². The Hall–Kier alpha value is -2.80. The van der Waals surface area contributed by atoms with Gasteiger partial charge in [0.25, 0.3) is 0 Å². The molecule has 0 aliphatic rings. The number of furan rings is 2. The molecule has 0 atom stereocenters. The lowest BCUT2D eigenvalue weighted by Gasteiger charge is -2.01. The highest BCUT2D eigenvalue weighted by Gasteiger charge is 2.30. The summed E-state index contributed by atoms with van der Waals surface area (Å²) in [4.78, 5) is 22.6. The smallest absolute Gasteiger partial charge is 0.346 e. The van der Waals surface area contributed by atoms with Gasteiger partial charge in [-0.05, 0) is 24.3 Å². The normalized spacial score (nSPS) is 10.7. The zero-order chi connectivity index (χ0) is 15.0. The van der Waals surface area contributed by atoms with Gasteiger partial charge in [0.15, 0.2) is 0 Å². The Morgan fingerprint density at radius 1 is 0.857 bits per heavy atom. The maximum Gasteiger partial charge on any atom is 0.346 e. The molecule has 6 nitrogen and oxygen atoms in total. The predicted molar refractivity (Wildman–Crippen MR) is 73.6 cm³/mol. The molecule has 0 saturated carbocycles. The second-order valence-electron chi connectivity index (χ2n) is 4.08. The average Bonchev–Trinajstić information content (AvgIpc) is 3.17. The topological polar surface area (TPSA) is 101 Å². The van der Waals surface area contributed by atoms with Gasteiger partial charge in [-0.2, -0.15) is 0 Å². The summed E-state index contributed by atoms with van der Waals surface area (Å²) in [5.41, 5.74) is 0.426. The third-order valence-electron chi connectivity index (χ3n) is 2.83. The van der Waals surface area contributed by atoms with Crippen molar-refractivity contribution >= 4 is 23.3 Å². The summed E-state index contributed by atoms with van der Waals surface area (Å²) >= 11 is 0.680. The molecule has 0 aliphatic carbocycles. The molecule has 0 fully saturated rings. The molecule has 106 valence electrons. The van der Waals surface area contributed by atoms with Crippen LogP contribution >= 0.6 is 11.3 Å². The molecular weight excluding hydrogens is 296 g/mol. The van der Waals surface area contributed by atoms with Crippen LogP contribution in [-0.4, -0.2) is 22.2 Å². The maximum absolute atomic E-state index is 11.4. The van der Waals surface area contributed by atoms with E-state index < -0.39 is 11.9 Å². The van der Waals surface area contributed by atoms with Crippen molar-refractivity contribution in [2.24, 2.45) is 0 Å². The van der Waals surface area contributed by atoms with Crippen molar-refractivity contribution < 1.29 is 28.6 Å². The number of carboxylic acid groups (broad SMARTS) is 2. The summed E-state index contributed by atoms with van der Waals surface area (Å²) in [6.07, 6.45) is 2.79. The average molecular weight is 304 g/mol. The first kappa shape index (κ1) is 13.2. The van der Waals surface area contributed by atoms with Crippen LogP contribution in [0.3, 0.4) is 0 Å². The highest BCUT2D eigenvalue weighted by molar-refractivity contribution is 7.17. The Morgan fingerprint density at radius 2 is 1.29 bits per heavy atom. The zero-order valence-electron chi connectivity index (χ0n) is 10.4. The highest BCUT2D eigenvalue weighted by atomic mass is 32.1. The minimum absolute atomic E-state index is 0.103. The van der Waals surface area contributed by atoms with Crippen LogP contribution in [0, 0.1) is 0 Å². The van der Waals surface area contributed by atoms with E-state index in [1.807, 2.05) is 0 Å². The van der Waals surface area contributed by atoms with Crippen LogP contribution in [0.4, 0.5) is 0 Å². The Bertz CT molecular complexity index is 728. The molecule has 3 aromatic rings.